The Balaban J connectivity index is 1.88. The summed E-state index contributed by atoms with van der Waals surface area (Å²) in [5.74, 6) is 0.651. The fourth-order valence-electron chi connectivity index (χ4n) is 3.93. The standard InChI is InChI=1S/C16H23F2N3O/c1-21-10-2-3-11(21)7-9(6-10)12-4-5-13(19)15(20)16(12)22-8-14(17)18/h4-5,9-11,14H,2-3,6-8,19-20H2,1H3. The van der Waals surface area contributed by atoms with E-state index in [0.29, 0.717) is 29.4 Å². The van der Waals surface area contributed by atoms with Gasteiger partial charge in [0.1, 0.15) is 12.4 Å². The molecule has 122 valence electrons. The molecule has 0 saturated carbocycles. The van der Waals surface area contributed by atoms with E-state index in [1.165, 1.54) is 12.8 Å². The Morgan fingerprint density at radius 3 is 2.45 bits per heavy atom. The average Bonchev–Trinajstić information content (AvgIpc) is 2.70. The van der Waals surface area contributed by atoms with Crippen molar-refractivity contribution in [3.8, 4) is 5.75 Å². The summed E-state index contributed by atoms with van der Waals surface area (Å²) >= 11 is 0. The van der Waals surface area contributed by atoms with Crippen molar-refractivity contribution in [2.75, 3.05) is 25.1 Å². The highest BCUT2D eigenvalue weighted by Gasteiger charge is 2.39. The highest BCUT2D eigenvalue weighted by Crippen LogP contribution is 2.46. The number of alkyl halides is 2. The minimum atomic E-state index is -2.53. The number of nitrogens with zero attached hydrogens (tertiary/aromatic N) is 1. The van der Waals surface area contributed by atoms with Crippen LogP contribution in [0.15, 0.2) is 12.1 Å². The van der Waals surface area contributed by atoms with Crippen LogP contribution in [0.1, 0.15) is 37.2 Å². The zero-order valence-electron chi connectivity index (χ0n) is 12.8. The summed E-state index contributed by atoms with van der Waals surface area (Å²) < 4.78 is 30.3. The van der Waals surface area contributed by atoms with Crippen LogP contribution in [0.3, 0.4) is 0 Å². The molecule has 3 rings (SSSR count). The van der Waals surface area contributed by atoms with Crippen LogP contribution in [0.2, 0.25) is 0 Å². The minimum absolute atomic E-state index is 0.282. The Morgan fingerprint density at radius 2 is 1.86 bits per heavy atom. The van der Waals surface area contributed by atoms with Crippen molar-refractivity contribution in [3.05, 3.63) is 17.7 Å². The third-order valence-electron chi connectivity index (χ3n) is 5.15. The van der Waals surface area contributed by atoms with Crippen LogP contribution in [0.25, 0.3) is 0 Å². The molecule has 1 aromatic rings. The number of nitrogen functional groups attached to an aromatic ring is 2. The lowest BCUT2D eigenvalue weighted by Gasteiger charge is -2.37. The number of nitrogens with two attached hydrogens (primary N) is 2. The zero-order chi connectivity index (χ0) is 15.9. The number of hydrogen-bond donors (Lipinski definition) is 2. The Morgan fingerprint density at radius 1 is 1.23 bits per heavy atom. The van der Waals surface area contributed by atoms with Crippen molar-refractivity contribution in [2.24, 2.45) is 0 Å². The number of benzene rings is 1. The second-order valence-electron chi connectivity index (χ2n) is 6.41. The summed E-state index contributed by atoms with van der Waals surface area (Å²) in [7, 11) is 2.17. The van der Waals surface area contributed by atoms with Crippen LogP contribution in [0.4, 0.5) is 20.2 Å². The lowest BCUT2D eigenvalue weighted by Crippen LogP contribution is -2.39. The fourth-order valence-corrected chi connectivity index (χ4v) is 3.93. The number of hydrogen-bond acceptors (Lipinski definition) is 4. The predicted molar refractivity (Wildman–Crippen MR) is 83.3 cm³/mol. The average molecular weight is 311 g/mol. The molecule has 4 N–H and O–H groups in total. The van der Waals surface area contributed by atoms with Crippen molar-refractivity contribution >= 4 is 11.4 Å². The Labute approximate surface area is 129 Å². The summed E-state index contributed by atoms with van der Waals surface area (Å²) in [6, 6.07) is 4.76. The molecule has 0 spiro atoms. The van der Waals surface area contributed by atoms with Gasteiger partial charge in [0.05, 0.1) is 11.4 Å². The highest BCUT2D eigenvalue weighted by atomic mass is 19.3. The van der Waals surface area contributed by atoms with E-state index in [4.69, 9.17) is 16.2 Å². The summed E-state index contributed by atoms with van der Waals surface area (Å²) in [6.45, 7) is -0.653. The van der Waals surface area contributed by atoms with E-state index in [0.717, 1.165) is 18.4 Å². The van der Waals surface area contributed by atoms with Crippen LogP contribution in [0.5, 0.6) is 5.75 Å². The molecule has 2 aliphatic rings. The molecule has 2 unspecified atom stereocenters. The lowest BCUT2D eigenvalue weighted by atomic mass is 9.84. The van der Waals surface area contributed by atoms with E-state index >= 15 is 0 Å². The molecule has 0 amide bonds. The largest absolute Gasteiger partial charge is 0.485 e. The first-order chi connectivity index (χ1) is 10.5. The first kappa shape index (κ1) is 15.3. The summed E-state index contributed by atoms with van der Waals surface area (Å²) in [4.78, 5) is 2.44. The van der Waals surface area contributed by atoms with Crippen molar-refractivity contribution < 1.29 is 13.5 Å². The van der Waals surface area contributed by atoms with Gasteiger partial charge in [-0.25, -0.2) is 8.78 Å². The molecule has 2 fully saturated rings. The van der Waals surface area contributed by atoms with Crippen molar-refractivity contribution in [3.63, 3.8) is 0 Å². The highest BCUT2D eigenvalue weighted by molar-refractivity contribution is 5.73. The predicted octanol–water partition coefficient (Wildman–Crippen LogP) is 2.84. The smallest absolute Gasteiger partial charge is 0.272 e. The summed E-state index contributed by atoms with van der Waals surface area (Å²) in [5.41, 5.74) is 13.4. The SMILES string of the molecule is CN1C2CCC1CC(c1ccc(N)c(N)c1OCC(F)F)C2. The van der Waals surface area contributed by atoms with Crippen LogP contribution in [-0.2, 0) is 0 Å². The molecule has 0 radical (unpaired) electrons. The van der Waals surface area contributed by atoms with Gasteiger partial charge < -0.3 is 21.1 Å². The molecule has 6 heteroatoms. The van der Waals surface area contributed by atoms with Gasteiger partial charge in [-0.1, -0.05) is 6.07 Å². The van der Waals surface area contributed by atoms with Crippen molar-refractivity contribution in [1.82, 2.24) is 4.90 Å². The zero-order valence-corrected chi connectivity index (χ0v) is 12.8. The van der Waals surface area contributed by atoms with Gasteiger partial charge in [-0.2, -0.15) is 0 Å². The van der Waals surface area contributed by atoms with Crippen molar-refractivity contribution in [1.29, 1.82) is 0 Å². The first-order valence-electron chi connectivity index (χ1n) is 7.78. The van der Waals surface area contributed by atoms with Gasteiger partial charge in [0.25, 0.3) is 6.43 Å². The molecule has 2 bridgehead atoms. The monoisotopic (exact) mass is 311 g/mol. The number of rotatable bonds is 4. The number of halogens is 2. The minimum Gasteiger partial charge on any atom is -0.485 e. The van der Waals surface area contributed by atoms with Crippen molar-refractivity contribution in [2.45, 2.75) is 50.1 Å². The van der Waals surface area contributed by atoms with Gasteiger partial charge in [0.2, 0.25) is 0 Å². The van der Waals surface area contributed by atoms with Gasteiger partial charge in [0, 0.05) is 12.1 Å². The number of ether oxygens (including phenoxy) is 1. The van der Waals surface area contributed by atoms with Gasteiger partial charge in [-0.05, 0) is 50.3 Å². The second-order valence-corrected chi connectivity index (χ2v) is 6.41. The Hall–Kier alpha value is -1.56. The van der Waals surface area contributed by atoms with E-state index in [2.05, 4.69) is 11.9 Å². The maximum atomic E-state index is 12.5. The quantitative estimate of drug-likeness (QED) is 0.839. The van der Waals surface area contributed by atoms with E-state index in [1.807, 2.05) is 6.07 Å². The molecule has 0 aliphatic carbocycles. The molecular formula is C16H23F2N3O. The van der Waals surface area contributed by atoms with Crippen LogP contribution < -0.4 is 16.2 Å². The number of fused-ring (bicyclic) bond motifs is 2. The fraction of sp³-hybridized carbons (Fsp3) is 0.625. The molecule has 2 saturated heterocycles. The first-order valence-corrected chi connectivity index (χ1v) is 7.78. The van der Waals surface area contributed by atoms with Crippen LogP contribution >= 0.6 is 0 Å². The Bertz CT molecular complexity index is 538. The van der Waals surface area contributed by atoms with E-state index in [9.17, 15) is 8.78 Å². The van der Waals surface area contributed by atoms with Gasteiger partial charge in [-0.3, -0.25) is 0 Å². The normalized spacial score (nSPS) is 28.3. The van der Waals surface area contributed by atoms with Gasteiger partial charge in [0.15, 0.2) is 0 Å². The van der Waals surface area contributed by atoms with Crippen LogP contribution in [-0.4, -0.2) is 37.1 Å². The molecule has 4 nitrogen and oxygen atoms in total. The molecule has 2 heterocycles. The maximum Gasteiger partial charge on any atom is 0.272 e. The van der Waals surface area contributed by atoms with E-state index in [-0.39, 0.29) is 5.69 Å². The van der Waals surface area contributed by atoms with E-state index < -0.39 is 13.0 Å². The molecule has 0 aromatic heterocycles. The Kier molecular flexibility index (Phi) is 4.12. The third-order valence-corrected chi connectivity index (χ3v) is 5.15. The maximum absolute atomic E-state index is 12.5. The number of piperidine rings is 1. The van der Waals surface area contributed by atoms with Crippen LogP contribution in [0, 0.1) is 0 Å². The van der Waals surface area contributed by atoms with Gasteiger partial charge in [-0.15, -0.1) is 0 Å². The summed E-state index contributed by atoms with van der Waals surface area (Å²) in [6.07, 6.45) is 1.91. The molecule has 2 aliphatic heterocycles. The second kappa shape index (κ2) is 5.91. The van der Waals surface area contributed by atoms with Gasteiger partial charge >= 0.3 is 0 Å². The molecule has 22 heavy (non-hydrogen) atoms. The topological polar surface area (TPSA) is 64.5 Å². The lowest BCUT2D eigenvalue weighted by molar-refractivity contribution is 0.0809. The molecule has 2 atom stereocenters. The number of anilines is 2. The summed E-state index contributed by atoms with van der Waals surface area (Å²) in [5, 5.41) is 0. The van der Waals surface area contributed by atoms with E-state index in [1.54, 1.807) is 6.07 Å². The third kappa shape index (κ3) is 2.72. The molecular weight excluding hydrogens is 288 g/mol. The molecule has 1 aromatic carbocycles.